The molecule has 0 spiro atoms. The van der Waals surface area contributed by atoms with Crippen LogP contribution < -0.4 is 5.73 Å². The third-order valence-corrected chi connectivity index (χ3v) is 3.15. The smallest absolute Gasteiger partial charge is 0.240 e. The van der Waals surface area contributed by atoms with Crippen LogP contribution in [0.2, 0.25) is 0 Å². The average Bonchev–Trinajstić information content (AvgIpc) is 2.86. The molecule has 0 saturated heterocycles. The highest BCUT2D eigenvalue weighted by Crippen LogP contribution is 2.10. The molecular formula is C16H25ClN4O. The van der Waals surface area contributed by atoms with E-state index in [1.807, 2.05) is 18.2 Å². The summed E-state index contributed by atoms with van der Waals surface area (Å²) in [6.07, 6.45) is 0.846. The number of hydrogen-bond acceptors (Lipinski definition) is 5. The number of rotatable bonds is 8. The number of benzene rings is 1. The van der Waals surface area contributed by atoms with Crippen LogP contribution in [0.25, 0.3) is 0 Å². The molecule has 22 heavy (non-hydrogen) atoms. The van der Waals surface area contributed by atoms with Gasteiger partial charge in [-0.15, -0.1) is 12.4 Å². The van der Waals surface area contributed by atoms with Crippen molar-refractivity contribution in [3.8, 4) is 0 Å². The Morgan fingerprint density at radius 2 is 1.91 bits per heavy atom. The molecule has 1 aromatic carbocycles. The lowest BCUT2D eigenvalue weighted by molar-refractivity contribution is 0.224. The van der Waals surface area contributed by atoms with Crippen molar-refractivity contribution in [1.29, 1.82) is 0 Å². The summed E-state index contributed by atoms with van der Waals surface area (Å²) in [6.45, 7) is 7.17. The van der Waals surface area contributed by atoms with Gasteiger partial charge in [0.05, 0.1) is 6.54 Å². The van der Waals surface area contributed by atoms with E-state index in [1.54, 1.807) is 0 Å². The van der Waals surface area contributed by atoms with Gasteiger partial charge in [-0.05, 0) is 11.5 Å². The van der Waals surface area contributed by atoms with Crippen LogP contribution in [-0.2, 0) is 19.5 Å². The summed E-state index contributed by atoms with van der Waals surface area (Å²) >= 11 is 0. The van der Waals surface area contributed by atoms with Crippen LogP contribution in [0.3, 0.4) is 0 Å². The van der Waals surface area contributed by atoms with Gasteiger partial charge in [0.1, 0.15) is 0 Å². The minimum Gasteiger partial charge on any atom is -0.338 e. The van der Waals surface area contributed by atoms with E-state index < -0.39 is 0 Å². The van der Waals surface area contributed by atoms with Crippen LogP contribution in [0.1, 0.15) is 31.1 Å². The zero-order valence-corrected chi connectivity index (χ0v) is 14.1. The predicted molar refractivity (Wildman–Crippen MR) is 89.7 cm³/mol. The van der Waals surface area contributed by atoms with E-state index in [0.717, 1.165) is 25.3 Å². The highest BCUT2D eigenvalue weighted by molar-refractivity contribution is 5.85. The molecule has 0 saturated carbocycles. The van der Waals surface area contributed by atoms with Crippen LogP contribution in [0.4, 0.5) is 0 Å². The Balaban J connectivity index is 0.00000242. The maximum absolute atomic E-state index is 5.70. The Labute approximate surface area is 138 Å². The van der Waals surface area contributed by atoms with Crippen molar-refractivity contribution in [3.63, 3.8) is 0 Å². The Hall–Kier alpha value is -1.43. The first kappa shape index (κ1) is 18.6. The molecule has 1 aromatic heterocycles. The fourth-order valence-corrected chi connectivity index (χ4v) is 2.23. The first-order valence-corrected chi connectivity index (χ1v) is 7.45. The third-order valence-electron chi connectivity index (χ3n) is 3.15. The van der Waals surface area contributed by atoms with Crippen molar-refractivity contribution >= 4 is 12.4 Å². The van der Waals surface area contributed by atoms with E-state index >= 15 is 0 Å². The Morgan fingerprint density at radius 1 is 1.18 bits per heavy atom. The van der Waals surface area contributed by atoms with Gasteiger partial charge in [-0.1, -0.05) is 49.3 Å². The van der Waals surface area contributed by atoms with Gasteiger partial charge in [-0.3, -0.25) is 4.90 Å². The lowest BCUT2D eigenvalue weighted by atomic mass is 10.1. The summed E-state index contributed by atoms with van der Waals surface area (Å²) in [7, 11) is 0. The standard InChI is InChI=1S/C16H24N4O.ClH/c1-13(2)10-15-18-16(21-19-15)12-20(9-8-17)11-14-6-4-3-5-7-14;/h3-7,13H,8-12,17H2,1-2H3;1H. The fourth-order valence-electron chi connectivity index (χ4n) is 2.23. The third kappa shape index (κ3) is 6.13. The van der Waals surface area contributed by atoms with E-state index in [0.29, 0.717) is 24.9 Å². The summed E-state index contributed by atoms with van der Waals surface area (Å²) in [6, 6.07) is 10.3. The molecule has 1 heterocycles. The molecule has 5 nitrogen and oxygen atoms in total. The second-order valence-electron chi connectivity index (χ2n) is 5.69. The highest BCUT2D eigenvalue weighted by Gasteiger charge is 2.13. The molecule has 2 aromatic rings. The molecule has 0 fully saturated rings. The fraction of sp³-hybridized carbons (Fsp3) is 0.500. The van der Waals surface area contributed by atoms with E-state index in [2.05, 4.69) is 41.0 Å². The Morgan fingerprint density at radius 3 is 2.55 bits per heavy atom. The Kier molecular flexibility index (Phi) is 8.09. The van der Waals surface area contributed by atoms with Gasteiger partial charge in [0, 0.05) is 26.1 Å². The normalized spacial score (nSPS) is 11.0. The first-order chi connectivity index (χ1) is 10.2. The lowest BCUT2D eigenvalue weighted by Crippen LogP contribution is -2.28. The monoisotopic (exact) mass is 324 g/mol. The van der Waals surface area contributed by atoms with Crippen LogP contribution >= 0.6 is 12.4 Å². The molecule has 0 aliphatic carbocycles. The SMILES string of the molecule is CC(C)Cc1noc(CN(CCN)Cc2ccccc2)n1.Cl. The first-order valence-electron chi connectivity index (χ1n) is 7.45. The maximum atomic E-state index is 5.70. The molecule has 6 heteroatoms. The second kappa shape index (κ2) is 9.56. The topological polar surface area (TPSA) is 68.2 Å². The molecule has 0 atom stereocenters. The number of nitrogens with zero attached hydrogens (tertiary/aromatic N) is 3. The maximum Gasteiger partial charge on any atom is 0.240 e. The molecule has 0 bridgehead atoms. The van der Waals surface area contributed by atoms with E-state index in [9.17, 15) is 0 Å². The van der Waals surface area contributed by atoms with Gasteiger partial charge < -0.3 is 10.3 Å². The van der Waals surface area contributed by atoms with Crippen LogP contribution in [0.5, 0.6) is 0 Å². The summed E-state index contributed by atoms with van der Waals surface area (Å²) < 4.78 is 5.34. The van der Waals surface area contributed by atoms with Gasteiger partial charge in [0.25, 0.3) is 0 Å². The molecule has 0 aliphatic heterocycles. The molecule has 0 unspecified atom stereocenters. The van der Waals surface area contributed by atoms with Gasteiger partial charge in [-0.25, -0.2) is 0 Å². The molecule has 0 radical (unpaired) electrons. The summed E-state index contributed by atoms with van der Waals surface area (Å²) in [5, 5.41) is 4.03. The Bertz CT molecular complexity index is 530. The lowest BCUT2D eigenvalue weighted by Gasteiger charge is -2.19. The van der Waals surface area contributed by atoms with Crippen molar-refractivity contribution in [1.82, 2.24) is 15.0 Å². The van der Waals surface area contributed by atoms with Crippen molar-refractivity contribution < 1.29 is 4.52 Å². The zero-order valence-electron chi connectivity index (χ0n) is 13.2. The van der Waals surface area contributed by atoms with Crippen LogP contribution in [-0.4, -0.2) is 28.1 Å². The highest BCUT2D eigenvalue weighted by atomic mass is 35.5. The van der Waals surface area contributed by atoms with E-state index in [-0.39, 0.29) is 12.4 Å². The molecular weight excluding hydrogens is 300 g/mol. The zero-order chi connectivity index (χ0) is 15.1. The molecule has 2 N–H and O–H groups in total. The van der Waals surface area contributed by atoms with Crippen molar-refractivity contribution in [2.24, 2.45) is 11.7 Å². The van der Waals surface area contributed by atoms with Crippen molar-refractivity contribution in [3.05, 3.63) is 47.6 Å². The van der Waals surface area contributed by atoms with Crippen LogP contribution in [0.15, 0.2) is 34.9 Å². The minimum absolute atomic E-state index is 0. The van der Waals surface area contributed by atoms with Gasteiger partial charge in [-0.2, -0.15) is 4.98 Å². The molecule has 2 rings (SSSR count). The van der Waals surface area contributed by atoms with Gasteiger partial charge in [0.15, 0.2) is 5.82 Å². The molecule has 0 amide bonds. The average molecular weight is 325 g/mol. The summed E-state index contributed by atoms with van der Waals surface area (Å²) in [5.41, 5.74) is 6.96. The van der Waals surface area contributed by atoms with E-state index in [1.165, 1.54) is 5.56 Å². The van der Waals surface area contributed by atoms with E-state index in [4.69, 9.17) is 10.3 Å². The van der Waals surface area contributed by atoms with Gasteiger partial charge >= 0.3 is 0 Å². The number of hydrogen-bond donors (Lipinski definition) is 1. The van der Waals surface area contributed by atoms with Crippen molar-refractivity contribution in [2.75, 3.05) is 13.1 Å². The molecule has 0 aliphatic rings. The molecule has 122 valence electrons. The number of nitrogens with two attached hydrogens (primary N) is 1. The summed E-state index contributed by atoms with van der Waals surface area (Å²) in [5.74, 6) is 1.97. The quantitative estimate of drug-likeness (QED) is 0.808. The largest absolute Gasteiger partial charge is 0.338 e. The van der Waals surface area contributed by atoms with Gasteiger partial charge in [0.2, 0.25) is 5.89 Å². The minimum atomic E-state index is 0. The second-order valence-corrected chi connectivity index (χ2v) is 5.69. The predicted octanol–water partition coefficient (Wildman–Crippen LogP) is 2.65. The van der Waals surface area contributed by atoms with Crippen molar-refractivity contribution in [2.45, 2.75) is 33.4 Å². The summed E-state index contributed by atoms with van der Waals surface area (Å²) in [4.78, 5) is 6.68. The number of aromatic nitrogens is 2. The van der Waals surface area contributed by atoms with Crippen LogP contribution in [0, 0.1) is 5.92 Å². The number of halogens is 1.